The van der Waals surface area contributed by atoms with Gasteiger partial charge >= 0.3 is 6.01 Å². The molecule has 3 heterocycles. The van der Waals surface area contributed by atoms with Gasteiger partial charge in [-0.05, 0) is 38.1 Å². The van der Waals surface area contributed by atoms with E-state index in [1.807, 2.05) is 6.07 Å². The zero-order valence-corrected chi connectivity index (χ0v) is 22.4. The summed E-state index contributed by atoms with van der Waals surface area (Å²) in [6, 6.07) is 7.52. The van der Waals surface area contributed by atoms with E-state index in [2.05, 4.69) is 39.5 Å². The molecule has 1 saturated carbocycles. The molecule has 2 aromatic heterocycles. The molecule has 10 nitrogen and oxygen atoms in total. The average molecular weight is 534 g/mol. The fourth-order valence-electron chi connectivity index (χ4n) is 5.57. The normalized spacial score (nSPS) is 23.2. The number of carbonyl (C=O) groups excluding carboxylic acids is 1. The Morgan fingerprint density at radius 2 is 1.90 bits per heavy atom. The number of piperazine rings is 1. The maximum Gasteiger partial charge on any atom is 0.317 e. The number of fused-ring (bicyclic) bond motifs is 2. The summed E-state index contributed by atoms with van der Waals surface area (Å²) in [6.07, 6.45) is 5.12. The molecular formula is C28H32FN7O3. The summed E-state index contributed by atoms with van der Waals surface area (Å²) in [5.74, 6) is -0.901. The number of aryl methyl sites for hydroxylation is 1. The number of hydrogen-bond acceptors (Lipinski definition) is 8. The van der Waals surface area contributed by atoms with Crippen molar-refractivity contribution in [1.82, 2.24) is 25.1 Å². The maximum absolute atomic E-state index is 14.7. The second kappa shape index (κ2) is 10.0. The Labute approximate surface area is 225 Å². The van der Waals surface area contributed by atoms with E-state index in [1.54, 1.807) is 43.4 Å². The van der Waals surface area contributed by atoms with Crippen LogP contribution >= 0.6 is 0 Å². The molecule has 2 atom stereocenters. The van der Waals surface area contributed by atoms with Crippen molar-refractivity contribution in [3.8, 4) is 6.01 Å². The largest absolute Gasteiger partial charge is 0.460 e. The van der Waals surface area contributed by atoms with Crippen LogP contribution < -0.4 is 20.3 Å². The highest BCUT2D eigenvalue weighted by Gasteiger charge is 2.32. The lowest BCUT2D eigenvalue weighted by molar-refractivity contribution is -0.0412. The fourth-order valence-corrected chi connectivity index (χ4v) is 5.57. The van der Waals surface area contributed by atoms with Gasteiger partial charge in [0.15, 0.2) is 5.82 Å². The monoisotopic (exact) mass is 533 g/mol. The highest BCUT2D eigenvalue weighted by molar-refractivity contribution is 6.14. The van der Waals surface area contributed by atoms with E-state index in [4.69, 9.17) is 14.5 Å². The topological polar surface area (TPSA) is 106 Å². The Morgan fingerprint density at radius 1 is 1.13 bits per heavy atom. The van der Waals surface area contributed by atoms with E-state index in [1.165, 1.54) is 6.07 Å². The predicted molar refractivity (Wildman–Crippen MR) is 147 cm³/mol. The molecule has 1 aliphatic carbocycles. The summed E-state index contributed by atoms with van der Waals surface area (Å²) >= 11 is 0. The second-order valence-electron chi connectivity index (χ2n) is 10.6. The van der Waals surface area contributed by atoms with Crippen LogP contribution in [0, 0.1) is 5.82 Å². The van der Waals surface area contributed by atoms with Gasteiger partial charge in [0, 0.05) is 86.7 Å². The van der Waals surface area contributed by atoms with Gasteiger partial charge in [-0.15, -0.1) is 0 Å². The molecule has 2 aromatic carbocycles. The lowest BCUT2D eigenvalue weighted by Gasteiger charge is -2.38. The summed E-state index contributed by atoms with van der Waals surface area (Å²) in [6.45, 7) is 5.93. The van der Waals surface area contributed by atoms with Crippen LogP contribution in [-0.2, 0) is 11.8 Å². The summed E-state index contributed by atoms with van der Waals surface area (Å²) in [5.41, 5.74) is 2.39. The van der Waals surface area contributed by atoms with Crippen LogP contribution in [0.2, 0.25) is 0 Å². The smallest absolute Gasteiger partial charge is 0.317 e. The molecule has 2 aliphatic rings. The molecule has 0 unspecified atom stereocenters. The first-order valence-corrected chi connectivity index (χ1v) is 13.2. The number of rotatable bonds is 6. The molecule has 2 N–H and O–H groups in total. The van der Waals surface area contributed by atoms with Crippen LogP contribution in [0.25, 0.3) is 21.8 Å². The molecule has 0 bridgehead atoms. The maximum atomic E-state index is 14.7. The van der Waals surface area contributed by atoms with Gasteiger partial charge in [-0.3, -0.25) is 9.48 Å². The molecule has 2 fully saturated rings. The number of halogens is 1. The van der Waals surface area contributed by atoms with Crippen molar-refractivity contribution >= 4 is 39.1 Å². The Bertz CT molecular complexity index is 1540. The van der Waals surface area contributed by atoms with Crippen molar-refractivity contribution in [2.75, 3.05) is 30.4 Å². The lowest BCUT2D eigenvalue weighted by Crippen LogP contribution is -2.54. The molecule has 204 valence electrons. The van der Waals surface area contributed by atoms with Gasteiger partial charge in [0.05, 0.1) is 17.2 Å². The number of nitrogens with one attached hydrogen (secondary N) is 2. The van der Waals surface area contributed by atoms with Gasteiger partial charge in [-0.2, -0.15) is 10.1 Å². The van der Waals surface area contributed by atoms with Crippen molar-refractivity contribution in [1.29, 1.82) is 0 Å². The van der Waals surface area contributed by atoms with Gasteiger partial charge in [0.2, 0.25) is 0 Å². The molecular weight excluding hydrogens is 501 g/mol. The summed E-state index contributed by atoms with van der Waals surface area (Å²) < 4.78 is 27.6. The van der Waals surface area contributed by atoms with Gasteiger partial charge in [-0.1, -0.05) is 0 Å². The van der Waals surface area contributed by atoms with Crippen LogP contribution in [0.15, 0.2) is 36.7 Å². The highest BCUT2D eigenvalue weighted by Crippen LogP contribution is 2.33. The lowest BCUT2D eigenvalue weighted by atomic mass is 9.92. The third kappa shape index (κ3) is 4.99. The first-order valence-electron chi connectivity index (χ1n) is 13.2. The first kappa shape index (κ1) is 25.4. The van der Waals surface area contributed by atoms with E-state index in [0.717, 1.165) is 37.0 Å². The number of methoxy groups -OCH3 is 1. The minimum Gasteiger partial charge on any atom is -0.460 e. The molecule has 0 radical (unpaired) electrons. The molecule has 1 amide bonds. The second-order valence-corrected chi connectivity index (χ2v) is 10.6. The van der Waals surface area contributed by atoms with E-state index >= 15 is 0 Å². The fraction of sp³-hybridized carbons (Fsp3) is 0.429. The van der Waals surface area contributed by atoms with Gasteiger partial charge in [0.1, 0.15) is 11.6 Å². The first-order chi connectivity index (χ1) is 18.8. The molecule has 1 aliphatic heterocycles. The standard InChI is InChI=1S/C28H32FN7O3/c1-15-12-36(13-16(2)31-15)24-6-5-21(26-22(24)11-30-28(33-26)39-20-9-19(10-20)38-4)27(37)32-18-7-17-14-35(3)34-25(17)23(29)8-18/h5-8,11,14-16,19-20,31H,9-10,12-13H2,1-4H3,(H,32,37)/t15-,16+,19?,20?. The highest BCUT2D eigenvalue weighted by atomic mass is 19.1. The number of hydrogen-bond donors (Lipinski definition) is 2. The van der Waals surface area contributed by atoms with E-state index < -0.39 is 11.7 Å². The number of ether oxygens (including phenoxy) is 2. The Hall–Kier alpha value is -3.83. The molecule has 6 rings (SSSR count). The molecule has 39 heavy (non-hydrogen) atoms. The molecule has 11 heteroatoms. The number of aromatic nitrogens is 4. The average Bonchev–Trinajstić information content (AvgIpc) is 3.25. The summed E-state index contributed by atoms with van der Waals surface area (Å²) in [7, 11) is 3.42. The van der Waals surface area contributed by atoms with Crippen molar-refractivity contribution in [2.45, 2.75) is 51.0 Å². The SMILES string of the molecule is COC1CC(Oc2ncc3c(N4C[C@@H](C)N[C@@H](C)C4)ccc(C(=O)Nc4cc(F)c5nn(C)cc5c4)c3n2)C1. The molecule has 4 aromatic rings. The Balaban J connectivity index is 1.36. The van der Waals surface area contributed by atoms with Crippen LogP contribution in [0.1, 0.15) is 37.0 Å². The predicted octanol–water partition coefficient (Wildman–Crippen LogP) is 3.65. The van der Waals surface area contributed by atoms with Crippen molar-refractivity contribution in [2.24, 2.45) is 7.05 Å². The Morgan fingerprint density at radius 3 is 2.64 bits per heavy atom. The number of amides is 1. The zero-order chi connectivity index (χ0) is 27.3. The molecule has 0 spiro atoms. The van der Waals surface area contributed by atoms with E-state index in [-0.39, 0.29) is 23.7 Å². The van der Waals surface area contributed by atoms with Crippen LogP contribution in [-0.4, -0.2) is 70.1 Å². The number of nitrogens with zero attached hydrogens (tertiary/aromatic N) is 5. The summed E-state index contributed by atoms with van der Waals surface area (Å²) in [4.78, 5) is 25.1. The quantitative estimate of drug-likeness (QED) is 0.387. The van der Waals surface area contributed by atoms with E-state index in [9.17, 15) is 9.18 Å². The third-order valence-corrected chi connectivity index (χ3v) is 7.44. The van der Waals surface area contributed by atoms with Crippen molar-refractivity contribution in [3.63, 3.8) is 0 Å². The number of carbonyl (C=O) groups is 1. The van der Waals surface area contributed by atoms with Gasteiger partial charge in [-0.25, -0.2) is 9.37 Å². The minimum atomic E-state index is -0.501. The van der Waals surface area contributed by atoms with Crippen LogP contribution in [0.3, 0.4) is 0 Å². The van der Waals surface area contributed by atoms with Gasteiger partial charge < -0.3 is 25.0 Å². The van der Waals surface area contributed by atoms with Gasteiger partial charge in [0.25, 0.3) is 5.91 Å². The van der Waals surface area contributed by atoms with Crippen molar-refractivity contribution in [3.05, 3.63) is 48.0 Å². The van der Waals surface area contributed by atoms with E-state index in [0.29, 0.717) is 34.2 Å². The Kier molecular flexibility index (Phi) is 6.56. The summed E-state index contributed by atoms with van der Waals surface area (Å²) in [5, 5.41) is 11.9. The minimum absolute atomic E-state index is 0.0306. The van der Waals surface area contributed by atoms with Crippen LogP contribution in [0.5, 0.6) is 6.01 Å². The van der Waals surface area contributed by atoms with Crippen LogP contribution in [0.4, 0.5) is 15.8 Å². The zero-order valence-electron chi connectivity index (χ0n) is 22.4. The number of anilines is 2. The molecule has 1 saturated heterocycles. The third-order valence-electron chi connectivity index (χ3n) is 7.44. The van der Waals surface area contributed by atoms with Crippen molar-refractivity contribution < 1.29 is 18.7 Å². The number of benzene rings is 2.